The molecule has 0 radical (unpaired) electrons. The van der Waals surface area contributed by atoms with E-state index in [-0.39, 0.29) is 0 Å². The van der Waals surface area contributed by atoms with Gasteiger partial charge in [0.25, 0.3) is 0 Å². The Kier molecular flexibility index (Phi) is 5.21. The van der Waals surface area contributed by atoms with Gasteiger partial charge in [-0.2, -0.15) is 0 Å². The van der Waals surface area contributed by atoms with E-state index in [9.17, 15) is 0 Å². The first-order valence-corrected chi connectivity index (χ1v) is 7.87. The van der Waals surface area contributed by atoms with Crippen molar-refractivity contribution in [1.82, 2.24) is 5.32 Å². The molecule has 0 saturated carbocycles. The van der Waals surface area contributed by atoms with Crippen molar-refractivity contribution in [2.75, 3.05) is 0 Å². The van der Waals surface area contributed by atoms with Gasteiger partial charge >= 0.3 is 0 Å². The summed E-state index contributed by atoms with van der Waals surface area (Å²) in [6.45, 7) is 10.2. The zero-order valence-corrected chi connectivity index (χ0v) is 13.5. The quantitative estimate of drug-likeness (QED) is 0.848. The van der Waals surface area contributed by atoms with Gasteiger partial charge in [-0.25, -0.2) is 0 Å². The van der Waals surface area contributed by atoms with Crippen LogP contribution in [0.3, 0.4) is 0 Å². The summed E-state index contributed by atoms with van der Waals surface area (Å²) in [5, 5.41) is 3.45. The Bertz CT molecular complexity index is 560. The highest BCUT2D eigenvalue weighted by Crippen LogP contribution is 2.23. The van der Waals surface area contributed by atoms with Crippen molar-refractivity contribution in [2.45, 2.75) is 46.9 Å². The molecule has 0 saturated heterocycles. The third kappa shape index (κ3) is 4.36. The average Bonchev–Trinajstić information content (AvgIpc) is 2.75. The van der Waals surface area contributed by atoms with Gasteiger partial charge in [0.15, 0.2) is 0 Å². The third-order valence-electron chi connectivity index (χ3n) is 3.14. The Morgan fingerprint density at radius 3 is 2.70 bits per heavy atom. The van der Waals surface area contributed by atoms with E-state index in [2.05, 4.69) is 51.2 Å². The normalized spacial score (nSPS) is 11.1. The summed E-state index contributed by atoms with van der Waals surface area (Å²) in [6, 6.07) is 11.0. The molecule has 0 atom stereocenters. The molecular weight excluding hydrogens is 266 g/mol. The van der Waals surface area contributed by atoms with E-state index >= 15 is 0 Å². The summed E-state index contributed by atoms with van der Waals surface area (Å²) in [5.74, 6) is 0.942. The molecule has 0 aliphatic carbocycles. The summed E-state index contributed by atoms with van der Waals surface area (Å²) in [6.07, 6.45) is 0. The molecular formula is C17H23NOS. The van der Waals surface area contributed by atoms with Crippen molar-refractivity contribution in [3.05, 3.63) is 51.2 Å². The fourth-order valence-electron chi connectivity index (χ4n) is 1.99. The maximum atomic E-state index is 5.88. The Hall–Kier alpha value is -1.32. The molecule has 0 amide bonds. The topological polar surface area (TPSA) is 21.3 Å². The molecule has 2 nitrogen and oxygen atoms in total. The minimum atomic E-state index is 0.518. The first kappa shape index (κ1) is 15.1. The molecule has 0 aliphatic heterocycles. The standard InChI is InChI=1S/C17H23NOS/c1-12(2)18-10-17-9-15(14(4)20-17)11-19-16-7-5-6-13(3)8-16/h5-9,12,18H,10-11H2,1-4H3. The van der Waals surface area contributed by atoms with Crippen molar-refractivity contribution in [1.29, 1.82) is 0 Å². The van der Waals surface area contributed by atoms with Crippen LogP contribution in [0.15, 0.2) is 30.3 Å². The van der Waals surface area contributed by atoms with Crippen LogP contribution < -0.4 is 10.1 Å². The predicted octanol–water partition coefficient (Wildman–Crippen LogP) is 4.44. The van der Waals surface area contributed by atoms with Crippen molar-refractivity contribution in [3.63, 3.8) is 0 Å². The summed E-state index contributed by atoms with van der Waals surface area (Å²) in [5.41, 5.74) is 2.52. The van der Waals surface area contributed by atoms with Gasteiger partial charge in [0.05, 0.1) is 0 Å². The van der Waals surface area contributed by atoms with E-state index in [1.165, 1.54) is 20.9 Å². The molecule has 1 aromatic heterocycles. The number of ether oxygens (including phenoxy) is 1. The lowest BCUT2D eigenvalue weighted by atomic mass is 10.2. The molecule has 0 fully saturated rings. The Morgan fingerprint density at radius 1 is 1.20 bits per heavy atom. The van der Waals surface area contributed by atoms with Crippen LogP contribution in [0.4, 0.5) is 0 Å². The lowest BCUT2D eigenvalue weighted by molar-refractivity contribution is 0.306. The number of thiophene rings is 1. The zero-order valence-electron chi connectivity index (χ0n) is 12.7. The van der Waals surface area contributed by atoms with E-state index in [4.69, 9.17) is 4.74 Å². The summed E-state index contributed by atoms with van der Waals surface area (Å²) in [7, 11) is 0. The summed E-state index contributed by atoms with van der Waals surface area (Å²) >= 11 is 1.85. The smallest absolute Gasteiger partial charge is 0.120 e. The highest BCUT2D eigenvalue weighted by atomic mass is 32.1. The van der Waals surface area contributed by atoms with Crippen molar-refractivity contribution >= 4 is 11.3 Å². The van der Waals surface area contributed by atoms with Crippen LogP contribution in [0.2, 0.25) is 0 Å². The molecule has 0 bridgehead atoms. The van der Waals surface area contributed by atoms with Crippen molar-refractivity contribution in [2.24, 2.45) is 0 Å². The number of rotatable bonds is 6. The van der Waals surface area contributed by atoms with Crippen molar-refractivity contribution < 1.29 is 4.74 Å². The minimum Gasteiger partial charge on any atom is -0.489 e. The van der Waals surface area contributed by atoms with E-state index in [1.54, 1.807) is 0 Å². The van der Waals surface area contributed by atoms with Crippen LogP contribution in [-0.4, -0.2) is 6.04 Å². The molecule has 1 N–H and O–H groups in total. The molecule has 1 aromatic carbocycles. The van der Waals surface area contributed by atoms with Crippen LogP contribution in [0.5, 0.6) is 5.75 Å². The molecule has 2 aromatic rings. The van der Waals surface area contributed by atoms with Gasteiger partial charge < -0.3 is 10.1 Å². The Balaban J connectivity index is 1.96. The maximum absolute atomic E-state index is 5.88. The second kappa shape index (κ2) is 6.91. The minimum absolute atomic E-state index is 0.518. The van der Waals surface area contributed by atoms with E-state index in [0.717, 1.165) is 12.3 Å². The fourth-order valence-corrected chi connectivity index (χ4v) is 2.99. The van der Waals surface area contributed by atoms with E-state index in [1.807, 2.05) is 23.5 Å². The highest BCUT2D eigenvalue weighted by molar-refractivity contribution is 7.12. The molecule has 0 unspecified atom stereocenters. The number of hydrogen-bond acceptors (Lipinski definition) is 3. The lowest BCUT2D eigenvalue weighted by Gasteiger charge is -2.06. The van der Waals surface area contributed by atoms with Crippen molar-refractivity contribution in [3.8, 4) is 5.75 Å². The van der Waals surface area contributed by atoms with Gasteiger partial charge in [-0.15, -0.1) is 11.3 Å². The zero-order chi connectivity index (χ0) is 14.5. The molecule has 0 aliphatic rings. The van der Waals surface area contributed by atoms with E-state index in [0.29, 0.717) is 12.6 Å². The Labute approximate surface area is 125 Å². The first-order valence-electron chi connectivity index (χ1n) is 7.05. The molecule has 20 heavy (non-hydrogen) atoms. The molecule has 2 rings (SSSR count). The van der Waals surface area contributed by atoms with Gasteiger partial charge in [0, 0.05) is 27.9 Å². The Morgan fingerprint density at radius 2 is 2.00 bits per heavy atom. The average molecular weight is 289 g/mol. The fraction of sp³-hybridized carbons (Fsp3) is 0.412. The maximum Gasteiger partial charge on any atom is 0.120 e. The number of aryl methyl sites for hydroxylation is 2. The van der Waals surface area contributed by atoms with Gasteiger partial charge in [0.2, 0.25) is 0 Å². The molecule has 0 spiro atoms. The van der Waals surface area contributed by atoms with Crippen LogP contribution in [0.25, 0.3) is 0 Å². The molecule has 1 heterocycles. The predicted molar refractivity (Wildman–Crippen MR) is 86.5 cm³/mol. The lowest BCUT2D eigenvalue weighted by Crippen LogP contribution is -2.21. The first-order chi connectivity index (χ1) is 9.54. The van der Waals surface area contributed by atoms with E-state index < -0.39 is 0 Å². The number of benzene rings is 1. The summed E-state index contributed by atoms with van der Waals surface area (Å²) in [4.78, 5) is 2.72. The largest absolute Gasteiger partial charge is 0.489 e. The second-order valence-electron chi connectivity index (χ2n) is 5.43. The van der Waals surface area contributed by atoms with Crippen LogP contribution >= 0.6 is 11.3 Å². The van der Waals surface area contributed by atoms with Gasteiger partial charge in [0.1, 0.15) is 12.4 Å². The summed E-state index contributed by atoms with van der Waals surface area (Å²) < 4.78 is 5.88. The monoisotopic (exact) mass is 289 g/mol. The second-order valence-corrected chi connectivity index (χ2v) is 6.78. The SMILES string of the molecule is Cc1cccc(OCc2cc(CNC(C)C)sc2C)c1. The number of nitrogens with one attached hydrogen (secondary N) is 1. The molecule has 108 valence electrons. The molecule has 3 heteroatoms. The van der Waals surface area contributed by atoms with Gasteiger partial charge in [-0.1, -0.05) is 26.0 Å². The van der Waals surface area contributed by atoms with Crippen LogP contribution in [0.1, 0.15) is 34.7 Å². The number of hydrogen-bond donors (Lipinski definition) is 1. The third-order valence-corrected chi connectivity index (χ3v) is 4.23. The highest BCUT2D eigenvalue weighted by Gasteiger charge is 2.07. The van der Waals surface area contributed by atoms with Crippen LogP contribution in [-0.2, 0) is 13.2 Å². The van der Waals surface area contributed by atoms with Gasteiger partial charge in [-0.05, 0) is 37.6 Å². The van der Waals surface area contributed by atoms with Gasteiger partial charge in [-0.3, -0.25) is 0 Å². The van der Waals surface area contributed by atoms with Crippen LogP contribution in [0, 0.1) is 13.8 Å².